The molecule has 3 amide bonds. The average molecular weight is 273 g/mol. The normalized spacial score (nSPS) is 16.6. The first-order chi connectivity index (χ1) is 9.04. The molecule has 1 aliphatic heterocycles. The maximum Gasteiger partial charge on any atom is 0.328 e. The average Bonchev–Trinajstić information content (AvgIpc) is 2.42. The van der Waals surface area contributed by atoms with E-state index in [0.29, 0.717) is 13.1 Å². The van der Waals surface area contributed by atoms with Crippen molar-refractivity contribution in [2.45, 2.75) is 25.3 Å². The molecule has 0 aromatic heterocycles. The zero-order valence-corrected chi connectivity index (χ0v) is 10.6. The van der Waals surface area contributed by atoms with Gasteiger partial charge in [0.2, 0.25) is 5.91 Å². The predicted molar refractivity (Wildman–Crippen MR) is 65.5 cm³/mol. The molecule has 0 aliphatic carbocycles. The van der Waals surface area contributed by atoms with Crippen LogP contribution >= 0.6 is 0 Å². The van der Waals surface area contributed by atoms with Crippen molar-refractivity contribution < 1.29 is 24.6 Å². The number of aliphatic hydroxyl groups is 1. The van der Waals surface area contributed by atoms with Crippen molar-refractivity contribution in [2.75, 3.05) is 26.2 Å². The highest BCUT2D eigenvalue weighted by Crippen LogP contribution is 2.08. The Morgan fingerprint density at radius 2 is 1.79 bits per heavy atom. The lowest BCUT2D eigenvalue weighted by molar-refractivity contribution is -0.140. The van der Waals surface area contributed by atoms with Gasteiger partial charge in [-0.2, -0.15) is 0 Å². The highest BCUT2D eigenvalue weighted by Gasteiger charge is 2.20. The molecular formula is C11H19N3O5. The highest BCUT2D eigenvalue weighted by molar-refractivity contribution is 5.86. The van der Waals surface area contributed by atoms with Crippen LogP contribution in [0.25, 0.3) is 0 Å². The van der Waals surface area contributed by atoms with Crippen molar-refractivity contribution in [1.82, 2.24) is 15.5 Å². The van der Waals surface area contributed by atoms with Crippen molar-refractivity contribution in [3.63, 3.8) is 0 Å². The number of aliphatic carboxylic acids is 1. The highest BCUT2D eigenvalue weighted by atomic mass is 16.4. The van der Waals surface area contributed by atoms with Crippen molar-refractivity contribution in [3.05, 3.63) is 0 Å². The molecule has 1 aliphatic rings. The third-order valence-corrected chi connectivity index (χ3v) is 2.89. The lowest BCUT2D eigenvalue weighted by atomic mass is 10.1. The van der Waals surface area contributed by atoms with Gasteiger partial charge in [-0.25, -0.2) is 9.59 Å². The Labute approximate surface area is 110 Å². The molecule has 1 rings (SSSR count). The second-order valence-corrected chi connectivity index (χ2v) is 4.34. The van der Waals surface area contributed by atoms with Gasteiger partial charge in [-0.05, 0) is 19.3 Å². The quantitative estimate of drug-likeness (QED) is 0.498. The molecule has 19 heavy (non-hydrogen) atoms. The molecule has 1 fully saturated rings. The molecule has 1 saturated heterocycles. The largest absolute Gasteiger partial charge is 0.480 e. The van der Waals surface area contributed by atoms with Gasteiger partial charge in [-0.1, -0.05) is 0 Å². The monoisotopic (exact) mass is 273 g/mol. The van der Waals surface area contributed by atoms with Gasteiger partial charge in [0.15, 0.2) is 6.04 Å². The molecule has 0 aromatic rings. The van der Waals surface area contributed by atoms with E-state index in [4.69, 9.17) is 10.2 Å². The number of likely N-dealkylation sites (tertiary alicyclic amines) is 1. The fraction of sp³-hybridized carbons (Fsp3) is 0.727. The van der Waals surface area contributed by atoms with E-state index < -0.39 is 24.6 Å². The molecule has 8 nitrogen and oxygen atoms in total. The summed E-state index contributed by atoms with van der Waals surface area (Å²) in [7, 11) is 0. The zero-order chi connectivity index (χ0) is 14.3. The number of aliphatic hydroxyl groups excluding tert-OH is 1. The number of hydrogen-bond donors (Lipinski definition) is 4. The summed E-state index contributed by atoms with van der Waals surface area (Å²) in [5.74, 6) is -1.52. The van der Waals surface area contributed by atoms with E-state index in [0.717, 1.165) is 19.3 Å². The molecule has 1 atom stereocenters. The van der Waals surface area contributed by atoms with Gasteiger partial charge in [-0.15, -0.1) is 0 Å². The summed E-state index contributed by atoms with van der Waals surface area (Å²) in [5.41, 5.74) is 0. The third kappa shape index (κ3) is 5.12. The Morgan fingerprint density at radius 1 is 1.16 bits per heavy atom. The van der Waals surface area contributed by atoms with Gasteiger partial charge in [-0.3, -0.25) is 4.79 Å². The number of rotatable bonds is 5. The molecule has 0 spiro atoms. The van der Waals surface area contributed by atoms with Crippen LogP contribution in [-0.2, 0) is 9.59 Å². The van der Waals surface area contributed by atoms with Crippen molar-refractivity contribution >= 4 is 17.9 Å². The number of amides is 3. The Bertz CT molecular complexity index is 341. The molecule has 108 valence electrons. The Morgan fingerprint density at radius 3 is 2.32 bits per heavy atom. The van der Waals surface area contributed by atoms with Gasteiger partial charge < -0.3 is 25.7 Å². The first kappa shape index (κ1) is 15.2. The number of nitrogens with one attached hydrogen (secondary N) is 2. The molecule has 0 saturated carbocycles. The maximum absolute atomic E-state index is 11.7. The van der Waals surface area contributed by atoms with Crippen LogP contribution in [0.2, 0.25) is 0 Å². The van der Waals surface area contributed by atoms with Gasteiger partial charge in [0.25, 0.3) is 0 Å². The van der Waals surface area contributed by atoms with Crippen LogP contribution < -0.4 is 10.6 Å². The first-order valence-electron chi connectivity index (χ1n) is 6.20. The Hall–Kier alpha value is -1.83. The molecule has 8 heteroatoms. The number of nitrogens with zero attached hydrogens (tertiary/aromatic N) is 1. The first-order valence-corrected chi connectivity index (χ1v) is 6.20. The van der Waals surface area contributed by atoms with E-state index in [1.165, 1.54) is 0 Å². The summed E-state index contributed by atoms with van der Waals surface area (Å²) in [5, 5.41) is 21.7. The number of carbonyl (C=O) groups excluding carboxylic acids is 2. The predicted octanol–water partition coefficient (Wildman–Crippen LogP) is -1.26. The van der Waals surface area contributed by atoms with Gasteiger partial charge in [0.1, 0.15) is 0 Å². The van der Waals surface area contributed by atoms with Crippen LogP contribution in [0, 0.1) is 0 Å². The number of carboxylic acid groups (broad SMARTS) is 1. The van der Waals surface area contributed by atoms with Crippen LogP contribution in [0.5, 0.6) is 0 Å². The van der Waals surface area contributed by atoms with Crippen LogP contribution in [0.4, 0.5) is 4.79 Å². The van der Waals surface area contributed by atoms with E-state index in [1.807, 2.05) is 0 Å². The number of carbonyl (C=O) groups is 3. The lowest BCUT2D eigenvalue weighted by Gasteiger charge is -2.26. The second kappa shape index (κ2) is 7.57. The third-order valence-electron chi connectivity index (χ3n) is 2.89. The summed E-state index contributed by atoms with van der Waals surface area (Å²) in [6, 6.07) is -2.16. The molecule has 0 bridgehead atoms. The molecule has 0 aromatic carbocycles. The minimum absolute atomic E-state index is 0.177. The maximum atomic E-state index is 11.7. The summed E-state index contributed by atoms with van der Waals surface area (Å²) in [6.45, 7) is 0.499. The fourth-order valence-electron chi connectivity index (χ4n) is 1.81. The number of piperidine rings is 1. The van der Waals surface area contributed by atoms with E-state index >= 15 is 0 Å². The summed E-state index contributed by atoms with van der Waals surface area (Å²) < 4.78 is 0. The minimum atomic E-state index is -1.37. The number of hydrogen-bond acceptors (Lipinski definition) is 4. The fourth-order valence-corrected chi connectivity index (χ4v) is 1.81. The molecule has 4 N–H and O–H groups in total. The van der Waals surface area contributed by atoms with Crippen molar-refractivity contribution in [3.8, 4) is 0 Å². The van der Waals surface area contributed by atoms with Crippen LogP contribution in [0.3, 0.4) is 0 Å². The Balaban J connectivity index is 2.29. The van der Waals surface area contributed by atoms with E-state index in [1.54, 1.807) is 4.90 Å². The van der Waals surface area contributed by atoms with Gasteiger partial charge in [0.05, 0.1) is 13.2 Å². The van der Waals surface area contributed by atoms with Gasteiger partial charge >= 0.3 is 12.0 Å². The van der Waals surface area contributed by atoms with Gasteiger partial charge in [0, 0.05) is 13.1 Å². The Kier molecular flexibility index (Phi) is 6.07. The smallest absolute Gasteiger partial charge is 0.328 e. The topological polar surface area (TPSA) is 119 Å². The number of carboxylic acids is 1. The zero-order valence-electron chi connectivity index (χ0n) is 10.6. The molecule has 0 unspecified atom stereocenters. The lowest BCUT2D eigenvalue weighted by Crippen LogP contribution is -2.50. The SMILES string of the molecule is O=C(NCC(=O)N1CCCCC1)N[C@@H](CO)C(=O)O. The second-order valence-electron chi connectivity index (χ2n) is 4.34. The van der Waals surface area contributed by atoms with Crippen molar-refractivity contribution in [1.29, 1.82) is 0 Å². The molecule has 0 radical (unpaired) electrons. The van der Waals surface area contributed by atoms with Crippen LogP contribution in [0.1, 0.15) is 19.3 Å². The van der Waals surface area contributed by atoms with E-state index in [-0.39, 0.29) is 12.5 Å². The van der Waals surface area contributed by atoms with Crippen LogP contribution in [-0.4, -0.2) is 65.3 Å². The van der Waals surface area contributed by atoms with Crippen LogP contribution in [0.15, 0.2) is 0 Å². The summed E-state index contributed by atoms with van der Waals surface area (Å²) in [4.78, 5) is 35.3. The molecular weight excluding hydrogens is 254 g/mol. The number of urea groups is 1. The minimum Gasteiger partial charge on any atom is -0.480 e. The van der Waals surface area contributed by atoms with E-state index in [2.05, 4.69) is 10.6 Å². The molecule has 1 heterocycles. The van der Waals surface area contributed by atoms with E-state index in [9.17, 15) is 14.4 Å². The van der Waals surface area contributed by atoms with Crippen molar-refractivity contribution in [2.24, 2.45) is 0 Å². The summed E-state index contributed by atoms with van der Waals surface area (Å²) >= 11 is 0. The standard InChI is InChI=1S/C11H19N3O5/c15-7-8(10(17)18)13-11(19)12-6-9(16)14-4-2-1-3-5-14/h8,15H,1-7H2,(H,17,18)(H2,12,13,19)/t8-/m0/s1. The summed E-state index contributed by atoms with van der Waals surface area (Å²) in [6.07, 6.45) is 3.03.